The lowest BCUT2D eigenvalue weighted by atomic mass is 10.1. The van der Waals surface area contributed by atoms with Gasteiger partial charge in [0.15, 0.2) is 0 Å². The molecule has 0 bridgehead atoms. The summed E-state index contributed by atoms with van der Waals surface area (Å²) >= 11 is 0. The molecule has 1 aliphatic carbocycles. The van der Waals surface area contributed by atoms with Gasteiger partial charge in [-0.05, 0) is 55.5 Å². The molecule has 1 aliphatic rings. The monoisotopic (exact) mass is 268 g/mol. The molecular weight excluding hydrogens is 248 g/mol. The zero-order chi connectivity index (χ0) is 13.9. The van der Waals surface area contributed by atoms with Crippen molar-refractivity contribution >= 4 is 0 Å². The molecule has 0 amide bonds. The maximum Gasteiger partial charge on any atom is 0.146 e. The highest BCUT2D eigenvalue weighted by atomic mass is 16.5. The number of aryl methyl sites for hydroxylation is 2. The third-order valence-corrected chi connectivity index (χ3v) is 3.51. The highest BCUT2D eigenvalue weighted by molar-refractivity contribution is 5.39. The summed E-state index contributed by atoms with van der Waals surface area (Å²) in [6.07, 6.45) is 6.26. The molecule has 2 aromatic rings. The van der Waals surface area contributed by atoms with Gasteiger partial charge in [-0.15, -0.1) is 0 Å². The van der Waals surface area contributed by atoms with E-state index >= 15 is 0 Å². The van der Waals surface area contributed by atoms with Gasteiger partial charge < -0.3 is 10.1 Å². The van der Waals surface area contributed by atoms with E-state index in [4.69, 9.17) is 4.74 Å². The summed E-state index contributed by atoms with van der Waals surface area (Å²) < 4.78 is 5.96. The lowest BCUT2D eigenvalue weighted by Gasteiger charge is -2.10. The number of rotatable bonds is 5. The Morgan fingerprint density at radius 1 is 1.20 bits per heavy atom. The summed E-state index contributed by atoms with van der Waals surface area (Å²) in [7, 11) is 0. The summed E-state index contributed by atoms with van der Waals surface area (Å²) in [6, 6.07) is 9.00. The summed E-state index contributed by atoms with van der Waals surface area (Å²) in [5.74, 6) is 1.70. The molecule has 20 heavy (non-hydrogen) atoms. The predicted octanol–water partition coefficient (Wildman–Crippen LogP) is 3.74. The minimum Gasteiger partial charge on any atom is -0.455 e. The first-order valence-electron chi connectivity index (χ1n) is 7.13. The molecule has 3 nitrogen and oxygen atoms in total. The second kappa shape index (κ2) is 5.63. The highest BCUT2D eigenvalue weighted by Crippen LogP contribution is 2.26. The number of nitrogens with one attached hydrogen (secondary N) is 1. The zero-order valence-electron chi connectivity index (χ0n) is 12.0. The number of ether oxygens (including phenoxy) is 1. The molecule has 0 radical (unpaired) electrons. The Kier molecular flexibility index (Phi) is 3.70. The molecule has 0 aliphatic heterocycles. The quantitative estimate of drug-likeness (QED) is 0.897. The number of hydrogen-bond donors (Lipinski definition) is 1. The van der Waals surface area contributed by atoms with Crippen LogP contribution in [0.2, 0.25) is 0 Å². The number of aromatic nitrogens is 1. The van der Waals surface area contributed by atoms with Crippen molar-refractivity contribution in [2.24, 2.45) is 0 Å². The molecule has 0 atom stereocenters. The summed E-state index contributed by atoms with van der Waals surface area (Å²) in [5.41, 5.74) is 3.50. The lowest BCUT2D eigenvalue weighted by Crippen LogP contribution is -2.15. The normalized spacial score (nSPS) is 14.3. The van der Waals surface area contributed by atoms with Gasteiger partial charge in [-0.3, -0.25) is 4.98 Å². The van der Waals surface area contributed by atoms with Crippen molar-refractivity contribution in [2.45, 2.75) is 39.3 Å². The van der Waals surface area contributed by atoms with Crippen molar-refractivity contribution in [3.63, 3.8) is 0 Å². The third-order valence-electron chi connectivity index (χ3n) is 3.51. The van der Waals surface area contributed by atoms with Gasteiger partial charge in [-0.25, -0.2) is 0 Å². The first-order valence-corrected chi connectivity index (χ1v) is 7.13. The molecule has 1 N–H and O–H groups in total. The van der Waals surface area contributed by atoms with Crippen molar-refractivity contribution < 1.29 is 4.74 Å². The van der Waals surface area contributed by atoms with Crippen molar-refractivity contribution in [2.75, 3.05) is 0 Å². The first-order chi connectivity index (χ1) is 9.70. The van der Waals surface area contributed by atoms with Crippen LogP contribution >= 0.6 is 0 Å². The van der Waals surface area contributed by atoms with E-state index in [0.717, 1.165) is 23.6 Å². The maximum absolute atomic E-state index is 5.96. The van der Waals surface area contributed by atoms with Gasteiger partial charge in [-0.1, -0.05) is 12.1 Å². The van der Waals surface area contributed by atoms with Crippen molar-refractivity contribution in [3.05, 3.63) is 53.3 Å². The summed E-state index contributed by atoms with van der Waals surface area (Å²) in [6.45, 7) is 4.99. The molecule has 1 saturated carbocycles. The fraction of sp³-hybridized carbons (Fsp3) is 0.353. The van der Waals surface area contributed by atoms with E-state index in [-0.39, 0.29) is 0 Å². The predicted molar refractivity (Wildman–Crippen MR) is 80.1 cm³/mol. The minimum atomic E-state index is 0.707. The van der Waals surface area contributed by atoms with Crippen LogP contribution in [0.4, 0.5) is 0 Å². The van der Waals surface area contributed by atoms with E-state index in [1.807, 2.05) is 6.20 Å². The Balaban J connectivity index is 1.72. The average Bonchev–Trinajstić information content (AvgIpc) is 3.25. The van der Waals surface area contributed by atoms with Crippen LogP contribution in [0.1, 0.15) is 29.5 Å². The second-order valence-corrected chi connectivity index (χ2v) is 5.56. The fourth-order valence-corrected chi connectivity index (χ4v) is 2.11. The Hall–Kier alpha value is -1.87. The van der Waals surface area contributed by atoms with Gasteiger partial charge in [0, 0.05) is 18.8 Å². The van der Waals surface area contributed by atoms with E-state index in [9.17, 15) is 0 Å². The van der Waals surface area contributed by atoms with Crippen LogP contribution < -0.4 is 10.1 Å². The molecule has 1 aromatic heterocycles. The van der Waals surface area contributed by atoms with Gasteiger partial charge in [0.25, 0.3) is 0 Å². The molecule has 0 unspecified atom stereocenters. The lowest BCUT2D eigenvalue weighted by molar-refractivity contribution is 0.475. The second-order valence-electron chi connectivity index (χ2n) is 5.56. The average molecular weight is 268 g/mol. The molecule has 0 spiro atoms. The molecule has 1 aromatic carbocycles. The van der Waals surface area contributed by atoms with Crippen molar-refractivity contribution in [3.8, 4) is 11.5 Å². The van der Waals surface area contributed by atoms with E-state index in [1.54, 1.807) is 6.20 Å². The minimum absolute atomic E-state index is 0.707. The van der Waals surface area contributed by atoms with Gasteiger partial charge in [0.1, 0.15) is 11.5 Å². The number of hydrogen-bond acceptors (Lipinski definition) is 3. The zero-order valence-corrected chi connectivity index (χ0v) is 12.0. The molecule has 1 fully saturated rings. The fourth-order valence-electron chi connectivity index (χ4n) is 2.11. The van der Waals surface area contributed by atoms with Crippen LogP contribution in [0, 0.1) is 13.8 Å². The van der Waals surface area contributed by atoms with E-state index in [0.29, 0.717) is 6.04 Å². The Morgan fingerprint density at radius 2 is 2.05 bits per heavy atom. The highest BCUT2D eigenvalue weighted by Gasteiger charge is 2.20. The first kappa shape index (κ1) is 13.1. The van der Waals surface area contributed by atoms with E-state index in [2.05, 4.69) is 48.4 Å². The molecule has 0 saturated heterocycles. The Bertz CT molecular complexity index is 606. The standard InChI is InChI=1S/C17H20N2O/c1-12-3-4-13(2)17(7-12)20-16-8-14(9-18-11-16)10-19-15-5-6-15/h3-4,7-9,11,15,19H,5-6,10H2,1-2H3. The topological polar surface area (TPSA) is 34.1 Å². The molecule has 1 heterocycles. The number of benzene rings is 1. The van der Waals surface area contributed by atoms with Crippen LogP contribution in [0.3, 0.4) is 0 Å². The van der Waals surface area contributed by atoms with Gasteiger partial charge in [-0.2, -0.15) is 0 Å². The summed E-state index contributed by atoms with van der Waals surface area (Å²) in [4.78, 5) is 4.27. The Morgan fingerprint density at radius 3 is 2.85 bits per heavy atom. The molecule has 104 valence electrons. The molecule has 3 rings (SSSR count). The smallest absolute Gasteiger partial charge is 0.146 e. The van der Waals surface area contributed by atoms with Crippen LogP contribution in [-0.4, -0.2) is 11.0 Å². The van der Waals surface area contributed by atoms with Crippen LogP contribution in [0.5, 0.6) is 11.5 Å². The third kappa shape index (κ3) is 3.36. The SMILES string of the molecule is Cc1ccc(C)c(Oc2cncc(CNC3CC3)c2)c1. The van der Waals surface area contributed by atoms with Crippen molar-refractivity contribution in [1.29, 1.82) is 0 Å². The summed E-state index contributed by atoms with van der Waals surface area (Å²) in [5, 5.41) is 3.49. The van der Waals surface area contributed by atoms with E-state index in [1.165, 1.54) is 24.0 Å². The Labute approximate surface area is 120 Å². The molecular formula is C17H20N2O. The largest absolute Gasteiger partial charge is 0.455 e. The van der Waals surface area contributed by atoms with Crippen molar-refractivity contribution in [1.82, 2.24) is 10.3 Å². The number of pyridine rings is 1. The van der Waals surface area contributed by atoms with E-state index < -0.39 is 0 Å². The van der Waals surface area contributed by atoms with Crippen LogP contribution in [-0.2, 0) is 6.54 Å². The van der Waals surface area contributed by atoms with Crippen LogP contribution in [0.15, 0.2) is 36.7 Å². The molecule has 3 heteroatoms. The van der Waals surface area contributed by atoms with Gasteiger partial charge >= 0.3 is 0 Å². The van der Waals surface area contributed by atoms with Gasteiger partial charge in [0.05, 0.1) is 6.20 Å². The maximum atomic E-state index is 5.96. The van der Waals surface area contributed by atoms with Gasteiger partial charge in [0.2, 0.25) is 0 Å². The number of nitrogens with zero attached hydrogens (tertiary/aromatic N) is 1. The van der Waals surface area contributed by atoms with Crippen LogP contribution in [0.25, 0.3) is 0 Å².